The molecular weight excluding hydrogens is 706 g/mol. The first-order valence-electron chi connectivity index (χ1n) is 12.9. The van der Waals surface area contributed by atoms with E-state index in [0.717, 1.165) is 28.7 Å². The second kappa shape index (κ2) is 16.7. The Morgan fingerprint density at radius 2 is 1.70 bits per heavy atom. The van der Waals surface area contributed by atoms with Crippen molar-refractivity contribution in [3.63, 3.8) is 0 Å². The van der Waals surface area contributed by atoms with E-state index < -0.39 is 39.9 Å². The number of nitrogen functional groups attached to an aromatic ring is 1. The lowest BCUT2D eigenvalue weighted by atomic mass is 9.98. The molecule has 12 nitrogen and oxygen atoms in total. The Labute approximate surface area is 279 Å². The van der Waals surface area contributed by atoms with Crippen LogP contribution in [0.2, 0.25) is 0 Å². The maximum Gasteiger partial charge on any atom is 0.490 e. The first-order chi connectivity index (χ1) is 21.8. The Hall–Kier alpha value is -4.07. The summed E-state index contributed by atoms with van der Waals surface area (Å²) in [5.74, 6) is -5.06. The highest BCUT2D eigenvalue weighted by atomic mass is 32.2. The van der Waals surface area contributed by atoms with Gasteiger partial charge in [0.05, 0.1) is 24.6 Å². The zero-order valence-corrected chi connectivity index (χ0v) is 28.1. The van der Waals surface area contributed by atoms with Crippen molar-refractivity contribution in [2.75, 3.05) is 23.1 Å². The standard InChI is InChI=1S/C26H28N4O6S4.C2HF3O2/c1-14-6-4-9-18(30-22(32)13-38-12-19(25(33)34)29-15(2)31)23(14)16-7-5-8-17(10-16)40(35,36)21-11-20(24(27)28)39-26(21)37-3;3-2(4,5)1(6)7/h4-11,19H,12-13H2,1-3H3,(H3,27,28)(H,29,31)(H,30,32)(H,33,34);(H,6,7). The van der Waals surface area contributed by atoms with Crippen LogP contribution < -0.4 is 16.4 Å². The quantitative estimate of drug-likeness (QED) is 0.0868. The Morgan fingerprint density at radius 3 is 2.23 bits per heavy atom. The van der Waals surface area contributed by atoms with Gasteiger partial charge >= 0.3 is 18.1 Å². The molecule has 0 saturated heterocycles. The Morgan fingerprint density at radius 1 is 1.09 bits per heavy atom. The second-order valence-corrected chi connectivity index (χ2v) is 14.4. The molecular formula is C28H29F3N4O8S4. The second-order valence-electron chi connectivity index (χ2n) is 9.37. The number of rotatable bonds is 12. The molecule has 2 amide bonds. The molecule has 47 heavy (non-hydrogen) atoms. The van der Waals surface area contributed by atoms with Crippen molar-refractivity contribution in [2.24, 2.45) is 5.73 Å². The number of nitrogens with two attached hydrogens (primary N) is 1. The monoisotopic (exact) mass is 734 g/mol. The van der Waals surface area contributed by atoms with Crippen LogP contribution >= 0.6 is 34.9 Å². The van der Waals surface area contributed by atoms with Gasteiger partial charge in [-0.2, -0.15) is 13.2 Å². The molecule has 1 heterocycles. The normalized spacial score (nSPS) is 11.9. The molecule has 2 aromatic carbocycles. The maximum atomic E-state index is 13.6. The minimum Gasteiger partial charge on any atom is -0.480 e. The van der Waals surface area contributed by atoms with E-state index in [0.29, 0.717) is 25.9 Å². The molecule has 0 fully saturated rings. The zero-order valence-electron chi connectivity index (χ0n) is 24.8. The van der Waals surface area contributed by atoms with Crippen molar-refractivity contribution >= 4 is 80.0 Å². The van der Waals surface area contributed by atoms with Crippen LogP contribution in [0.15, 0.2) is 62.5 Å². The van der Waals surface area contributed by atoms with Gasteiger partial charge in [0.2, 0.25) is 21.7 Å². The highest BCUT2D eigenvalue weighted by molar-refractivity contribution is 8.01. The largest absolute Gasteiger partial charge is 0.490 e. The number of hydrogen-bond donors (Lipinski definition) is 6. The number of alkyl halides is 3. The lowest BCUT2D eigenvalue weighted by molar-refractivity contribution is -0.192. The van der Waals surface area contributed by atoms with Gasteiger partial charge in [0.15, 0.2) is 0 Å². The third-order valence-electron chi connectivity index (χ3n) is 5.82. The molecule has 19 heteroatoms. The Bertz CT molecular complexity index is 1780. The molecule has 254 valence electrons. The third-order valence-corrected chi connectivity index (χ3v) is 11.2. The van der Waals surface area contributed by atoms with Crippen LogP contribution in [0.5, 0.6) is 0 Å². The lowest BCUT2D eigenvalue weighted by Gasteiger charge is -2.16. The van der Waals surface area contributed by atoms with E-state index in [1.54, 1.807) is 36.6 Å². The lowest BCUT2D eigenvalue weighted by Crippen LogP contribution is -2.41. The number of benzene rings is 2. The van der Waals surface area contributed by atoms with Crippen molar-refractivity contribution in [3.8, 4) is 11.1 Å². The summed E-state index contributed by atoms with van der Waals surface area (Å²) in [5.41, 5.74) is 8.08. The third kappa shape index (κ3) is 11.0. The average molecular weight is 735 g/mol. The van der Waals surface area contributed by atoms with E-state index in [9.17, 15) is 41.1 Å². The molecule has 0 bridgehead atoms. The number of halogens is 3. The predicted molar refractivity (Wildman–Crippen MR) is 174 cm³/mol. The number of carboxylic acid groups (broad SMARTS) is 2. The summed E-state index contributed by atoms with van der Waals surface area (Å²) in [6.07, 6.45) is -3.33. The number of aliphatic carboxylic acids is 2. The molecule has 0 aliphatic heterocycles. The number of aryl methyl sites for hydroxylation is 1. The highest BCUT2D eigenvalue weighted by Crippen LogP contribution is 2.39. The fourth-order valence-electron chi connectivity index (χ4n) is 3.80. The van der Waals surface area contributed by atoms with Gasteiger partial charge < -0.3 is 26.6 Å². The van der Waals surface area contributed by atoms with Gasteiger partial charge in [0.25, 0.3) is 0 Å². The molecule has 7 N–H and O–H groups in total. The van der Waals surface area contributed by atoms with Gasteiger partial charge in [0, 0.05) is 23.9 Å². The number of nitrogens with one attached hydrogen (secondary N) is 3. The fraction of sp³-hybridized carbons (Fsp3) is 0.250. The highest BCUT2D eigenvalue weighted by Gasteiger charge is 2.38. The first kappa shape index (κ1) is 39.1. The number of thiophene rings is 1. The van der Waals surface area contributed by atoms with Crippen LogP contribution in [0.1, 0.15) is 17.4 Å². The number of hydrogen-bond acceptors (Lipinski definition) is 10. The summed E-state index contributed by atoms with van der Waals surface area (Å²) in [6.45, 7) is 3.06. The summed E-state index contributed by atoms with van der Waals surface area (Å²) in [7, 11) is -3.94. The van der Waals surface area contributed by atoms with Crippen LogP contribution in [0.25, 0.3) is 11.1 Å². The topological polar surface area (TPSA) is 217 Å². The van der Waals surface area contributed by atoms with Crippen molar-refractivity contribution in [1.29, 1.82) is 5.41 Å². The zero-order chi connectivity index (χ0) is 35.7. The molecule has 3 rings (SSSR count). The van der Waals surface area contributed by atoms with Gasteiger partial charge in [-0.1, -0.05) is 24.3 Å². The van der Waals surface area contributed by atoms with E-state index in [1.807, 2.05) is 13.0 Å². The molecule has 0 saturated carbocycles. The van der Waals surface area contributed by atoms with Crippen molar-refractivity contribution in [2.45, 2.75) is 40.1 Å². The molecule has 1 aromatic heterocycles. The first-order valence-corrected chi connectivity index (χ1v) is 17.6. The number of sulfone groups is 1. The summed E-state index contributed by atoms with van der Waals surface area (Å²) >= 11 is 3.47. The molecule has 3 aromatic rings. The van der Waals surface area contributed by atoms with Gasteiger partial charge in [-0.15, -0.1) is 34.9 Å². The van der Waals surface area contributed by atoms with E-state index in [4.69, 9.17) is 21.0 Å². The fourth-order valence-corrected chi connectivity index (χ4v) is 8.54. The SMILES string of the molecule is CSc1sc(C(=N)N)cc1S(=O)(=O)c1cccc(-c2c(C)cccc2NC(=O)CSCC(NC(C)=O)C(=O)O)c1.O=C(O)C(F)(F)F. The summed E-state index contributed by atoms with van der Waals surface area (Å²) in [4.78, 5) is 44.7. The van der Waals surface area contributed by atoms with E-state index >= 15 is 0 Å². The number of carboxylic acids is 2. The van der Waals surface area contributed by atoms with E-state index in [-0.39, 0.29) is 33.0 Å². The number of anilines is 1. The van der Waals surface area contributed by atoms with Crippen molar-refractivity contribution < 1.29 is 51.0 Å². The molecule has 1 atom stereocenters. The van der Waals surface area contributed by atoms with Gasteiger partial charge in [-0.3, -0.25) is 15.0 Å². The summed E-state index contributed by atoms with van der Waals surface area (Å²) < 4.78 is 59.5. The molecule has 0 aliphatic rings. The van der Waals surface area contributed by atoms with E-state index in [2.05, 4.69) is 10.6 Å². The van der Waals surface area contributed by atoms with Gasteiger partial charge in [-0.05, 0) is 48.6 Å². The van der Waals surface area contributed by atoms with Crippen LogP contribution in [0.3, 0.4) is 0 Å². The van der Waals surface area contributed by atoms with Crippen LogP contribution in [-0.2, 0) is 29.0 Å². The summed E-state index contributed by atoms with van der Waals surface area (Å²) in [5, 5.41) is 29.2. The van der Waals surface area contributed by atoms with E-state index in [1.165, 1.54) is 30.8 Å². The van der Waals surface area contributed by atoms with Crippen molar-refractivity contribution in [1.82, 2.24) is 5.32 Å². The minimum absolute atomic E-state index is 0.00880. The number of carbonyl (C=O) groups excluding carboxylic acids is 2. The van der Waals surface area contributed by atoms with Crippen LogP contribution in [0.4, 0.5) is 18.9 Å². The molecule has 0 radical (unpaired) electrons. The summed E-state index contributed by atoms with van der Waals surface area (Å²) in [6, 6.07) is 12.0. The maximum absolute atomic E-state index is 13.6. The number of amidine groups is 1. The number of thioether (sulfide) groups is 2. The average Bonchev–Trinajstić information content (AvgIpc) is 3.42. The Kier molecular flexibility index (Phi) is 13.9. The molecule has 0 spiro atoms. The van der Waals surface area contributed by atoms with Gasteiger partial charge in [-0.25, -0.2) is 18.0 Å². The Balaban J connectivity index is 0.000000984. The number of amides is 2. The minimum atomic E-state index is -5.08. The van der Waals surface area contributed by atoms with Gasteiger partial charge in [0.1, 0.15) is 11.9 Å². The molecule has 0 aliphatic carbocycles. The van der Waals surface area contributed by atoms with Crippen molar-refractivity contribution in [3.05, 3.63) is 59.0 Å². The molecule has 1 unspecified atom stereocenters. The number of carbonyl (C=O) groups is 4. The van der Waals surface area contributed by atoms with Crippen LogP contribution in [-0.4, -0.2) is 78.2 Å². The smallest absolute Gasteiger partial charge is 0.480 e. The van der Waals surface area contributed by atoms with Crippen LogP contribution in [0, 0.1) is 12.3 Å². The predicted octanol–water partition coefficient (Wildman–Crippen LogP) is 4.46.